The van der Waals surface area contributed by atoms with Gasteiger partial charge in [-0.25, -0.2) is 0 Å². The number of carbonyl (C=O) groups is 1. The van der Waals surface area contributed by atoms with Gasteiger partial charge >= 0.3 is 0 Å². The summed E-state index contributed by atoms with van der Waals surface area (Å²) in [5.41, 5.74) is 2.07. The van der Waals surface area contributed by atoms with Gasteiger partial charge in [0.1, 0.15) is 0 Å². The van der Waals surface area contributed by atoms with Gasteiger partial charge in [-0.05, 0) is 30.4 Å². The first-order valence-electron chi connectivity index (χ1n) is 5.14. The van der Waals surface area contributed by atoms with Crippen molar-refractivity contribution in [1.82, 2.24) is 5.32 Å². The maximum absolute atomic E-state index is 11.6. The number of benzene rings is 1. The lowest BCUT2D eigenvalue weighted by molar-refractivity contribution is 0.0961. The van der Waals surface area contributed by atoms with Crippen LogP contribution in [-0.4, -0.2) is 13.0 Å². The minimum Gasteiger partial charge on any atom is -0.355 e. The van der Waals surface area contributed by atoms with Crippen LogP contribution < -0.4 is 5.32 Å². The highest BCUT2D eigenvalue weighted by atomic mass is 16.1. The molecule has 1 fully saturated rings. The predicted octanol–water partition coefficient (Wildman–Crippen LogP) is 2.31. The summed E-state index contributed by atoms with van der Waals surface area (Å²) in [6.45, 7) is 0. The molecule has 0 atom stereocenters. The van der Waals surface area contributed by atoms with Gasteiger partial charge in [-0.1, -0.05) is 24.6 Å². The van der Waals surface area contributed by atoms with Crippen LogP contribution in [0.2, 0.25) is 0 Å². The third-order valence-electron chi connectivity index (χ3n) is 2.98. The molecule has 1 amide bonds. The Morgan fingerprint density at radius 1 is 1.36 bits per heavy atom. The van der Waals surface area contributed by atoms with Gasteiger partial charge in [0.05, 0.1) is 0 Å². The van der Waals surface area contributed by atoms with E-state index in [0.717, 1.165) is 5.56 Å². The van der Waals surface area contributed by atoms with Gasteiger partial charge < -0.3 is 5.32 Å². The van der Waals surface area contributed by atoms with Gasteiger partial charge in [0, 0.05) is 12.6 Å². The summed E-state index contributed by atoms with van der Waals surface area (Å²) in [5.74, 6) is 0.649. The molecule has 1 aromatic rings. The van der Waals surface area contributed by atoms with Crippen LogP contribution in [0.25, 0.3) is 0 Å². The maximum atomic E-state index is 11.6. The second-order valence-electron chi connectivity index (χ2n) is 3.79. The first kappa shape index (κ1) is 9.25. The molecule has 0 bridgehead atoms. The zero-order chi connectivity index (χ0) is 9.97. The number of hydrogen-bond acceptors (Lipinski definition) is 1. The van der Waals surface area contributed by atoms with Crippen LogP contribution in [0, 0.1) is 0 Å². The van der Waals surface area contributed by atoms with Crippen molar-refractivity contribution in [2.45, 2.75) is 25.2 Å². The van der Waals surface area contributed by atoms with Crippen molar-refractivity contribution in [3.63, 3.8) is 0 Å². The van der Waals surface area contributed by atoms with Gasteiger partial charge in [-0.3, -0.25) is 4.79 Å². The van der Waals surface area contributed by atoms with Gasteiger partial charge in [-0.15, -0.1) is 0 Å². The highest BCUT2D eigenvalue weighted by Gasteiger charge is 2.23. The van der Waals surface area contributed by atoms with Crippen LogP contribution in [0.15, 0.2) is 24.3 Å². The van der Waals surface area contributed by atoms with Crippen molar-refractivity contribution >= 4 is 5.91 Å². The van der Waals surface area contributed by atoms with Crippen LogP contribution in [0.1, 0.15) is 41.1 Å². The molecule has 1 aliphatic rings. The summed E-state index contributed by atoms with van der Waals surface area (Å²) in [7, 11) is 1.68. The molecule has 0 aromatic heterocycles. The lowest BCUT2D eigenvalue weighted by Crippen LogP contribution is -2.22. The standard InChI is InChI=1S/C12H15NO/c1-13-12(14)11-8-3-2-7-10(11)9-5-4-6-9/h2-3,7-9H,4-6H2,1H3,(H,13,14). The molecule has 74 valence electrons. The Morgan fingerprint density at radius 3 is 2.64 bits per heavy atom. The summed E-state index contributed by atoms with van der Waals surface area (Å²) in [5, 5.41) is 2.69. The first-order chi connectivity index (χ1) is 6.83. The molecular formula is C12H15NO. The van der Waals surface area contributed by atoms with E-state index in [0.29, 0.717) is 5.92 Å². The summed E-state index contributed by atoms with van der Waals surface area (Å²) in [6, 6.07) is 7.92. The van der Waals surface area contributed by atoms with Crippen LogP contribution >= 0.6 is 0 Å². The molecule has 2 rings (SSSR count). The average Bonchev–Trinajstić information content (AvgIpc) is 2.15. The number of hydrogen-bond donors (Lipinski definition) is 1. The van der Waals surface area contributed by atoms with Crippen LogP contribution in [0.5, 0.6) is 0 Å². The lowest BCUT2D eigenvalue weighted by Gasteiger charge is -2.27. The summed E-state index contributed by atoms with van der Waals surface area (Å²) < 4.78 is 0. The van der Waals surface area contributed by atoms with Crippen molar-refractivity contribution in [2.75, 3.05) is 7.05 Å². The van der Waals surface area contributed by atoms with Crippen molar-refractivity contribution < 1.29 is 4.79 Å². The van der Waals surface area contributed by atoms with Crippen LogP contribution in [-0.2, 0) is 0 Å². The fraction of sp³-hybridized carbons (Fsp3) is 0.417. The summed E-state index contributed by atoms with van der Waals surface area (Å²) in [6.07, 6.45) is 3.76. The van der Waals surface area contributed by atoms with E-state index in [4.69, 9.17) is 0 Å². The molecule has 2 heteroatoms. The molecule has 0 unspecified atom stereocenters. The molecule has 0 radical (unpaired) electrons. The van der Waals surface area contributed by atoms with E-state index in [1.54, 1.807) is 7.05 Å². The Hall–Kier alpha value is -1.31. The minimum absolute atomic E-state index is 0.0347. The van der Waals surface area contributed by atoms with E-state index >= 15 is 0 Å². The predicted molar refractivity (Wildman–Crippen MR) is 56.4 cm³/mol. The van der Waals surface area contributed by atoms with Crippen LogP contribution in [0.4, 0.5) is 0 Å². The minimum atomic E-state index is 0.0347. The third kappa shape index (κ3) is 1.52. The van der Waals surface area contributed by atoms with Crippen LogP contribution in [0.3, 0.4) is 0 Å². The van der Waals surface area contributed by atoms with E-state index in [2.05, 4.69) is 11.4 Å². The zero-order valence-corrected chi connectivity index (χ0v) is 8.42. The van der Waals surface area contributed by atoms with Gasteiger partial charge in [0.2, 0.25) is 0 Å². The van der Waals surface area contributed by atoms with Crippen molar-refractivity contribution in [1.29, 1.82) is 0 Å². The quantitative estimate of drug-likeness (QED) is 0.760. The van der Waals surface area contributed by atoms with E-state index in [-0.39, 0.29) is 5.91 Å². The Labute approximate surface area is 84.3 Å². The van der Waals surface area contributed by atoms with E-state index in [1.165, 1.54) is 24.8 Å². The second kappa shape index (κ2) is 3.82. The molecule has 0 saturated heterocycles. The second-order valence-corrected chi connectivity index (χ2v) is 3.79. The topological polar surface area (TPSA) is 29.1 Å². The SMILES string of the molecule is CNC(=O)c1ccccc1C1CCC1. The molecule has 1 aliphatic carbocycles. The molecule has 14 heavy (non-hydrogen) atoms. The molecule has 0 spiro atoms. The zero-order valence-electron chi connectivity index (χ0n) is 8.42. The van der Waals surface area contributed by atoms with E-state index in [1.807, 2.05) is 18.2 Å². The van der Waals surface area contributed by atoms with E-state index in [9.17, 15) is 4.79 Å². The number of carbonyl (C=O) groups excluding carboxylic acids is 1. The third-order valence-corrected chi connectivity index (χ3v) is 2.98. The molecule has 0 aliphatic heterocycles. The Balaban J connectivity index is 2.32. The van der Waals surface area contributed by atoms with E-state index < -0.39 is 0 Å². The van der Waals surface area contributed by atoms with Crippen molar-refractivity contribution in [2.24, 2.45) is 0 Å². The largest absolute Gasteiger partial charge is 0.355 e. The van der Waals surface area contributed by atoms with Crippen molar-refractivity contribution in [3.05, 3.63) is 35.4 Å². The Bertz CT molecular complexity index is 342. The highest BCUT2D eigenvalue weighted by Crippen LogP contribution is 2.37. The highest BCUT2D eigenvalue weighted by molar-refractivity contribution is 5.95. The molecule has 0 heterocycles. The monoisotopic (exact) mass is 189 g/mol. The number of rotatable bonds is 2. The smallest absolute Gasteiger partial charge is 0.251 e. The maximum Gasteiger partial charge on any atom is 0.251 e. The molecule has 1 aromatic carbocycles. The molecule has 2 nitrogen and oxygen atoms in total. The molecule has 1 N–H and O–H groups in total. The van der Waals surface area contributed by atoms with Crippen molar-refractivity contribution in [3.8, 4) is 0 Å². The fourth-order valence-corrected chi connectivity index (χ4v) is 1.91. The normalized spacial score (nSPS) is 16.1. The van der Waals surface area contributed by atoms with Gasteiger partial charge in [0.25, 0.3) is 5.91 Å². The Morgan fingerprint density at radius 2 is 2.07 bits per heavy atom. The lowest BCUT2D eigenvalue weighted by atomic mass is 9.78. The summed E-state index contributed by atoms with van der Waals surface area (Å²) in [4.78, 5) is 11.6. The number of amides is 1. The molecule has 1 saturated carbocycles. The van der Waals surface area contributed by atoms with Gasteiger partial charge in [-0.2, -0.15) is 0 Å². The molecular weight excluding hydrogens is 174 g/mol. The van der Waals surface area contributed by atoms with Gasteiger partial charge in [0.15, 0.2) is 0 Å². The first-order valence-corrected chi connectivity index (χ1v) is 5.14. The number of nitrogens with one attached hydrogen (secondary N) is 1. The average molecular weight is 189 g/mol. The summed E-state index contributed by atoms with van der Waals surface area (Å²) >= 11 is 0. The Kier molecular flexibility index (Phi) is 2.53. The fourth-order valence-electron chi connectivity index (χ4n) is 1.91.